The van der Waals surface area contributed by atoms with Crippen LogP contribution >= 0.6 is 0 Å². The van der Waals surface area contributed by atoms with E-state index >= 15 is 0 Å². The van der Waals surface area contributed by atoms with Gasteiger partial charge in [0.1, 0.15) is 0 Å². The molecule has 0 aromatic heterocycles. The molecule has 1 atom stereocenters. The molecular formula is C14H18N2O2S. The Labute approximate surface area is 115 Å². The van der Waals surface area contributed by atoms with Gasteiger partial charge in [-0.1, -0.05) is 18.2 Å². The quantitative estimate of drug-likeness (QED) is 0.883. The lowest BCUT2D eigenvalue weighted by atomic mass is 9.97. The number of para-hydroxylation sites is 1. The molecule has 1 unspecified atom stereocenters. The number of carbonyl (C=O) groups is 1. The summed E-state index contributed by atoms with van der Waals surface area (Å²) in [5, 5.41) is 3.35. The normalized spacial score (nSPS) is 22.9. The van der Waals surface area contributed by atoms with Crippen LogP contribution in [0, 0.1) is 0 Å². The zero-order valence-electron chi connectivity index (χ0n) is 10.8. The van der Waals surface area contributed by atoms with Crippen LogP contribution in [0.5, 0.6) is 0 Å². The number of anilines is 1. The van der Waals surface area contributed by atoms with Gasteiger partial charge in [0.25, 0.3) is 0 Å². The molecule has 0 radical (unpaired) electrons. The molecule has 19 heavy (non-hydrogen) atoms. The molecule has 4 nitrogen and oxygen atoms in total. The van der Waals surface area contributed by atoms with Gasteiger partial charge in [-0.25, -0.2) is 0 Å². The summed E-state index contributed by atoms with van der Waals surface area (Å²) >= 11 is 0. The maximum atomic E-state index is 12.3. The summed E-state index contributed by atoms with van der Waals surface area (Å²) in [5.41, 5.74) is 2.40. The lowest BCUT2D eigenvalue weighted by molar-refractivity contribution is -0.131. The molecule has 1 saturated heterocycles. The Kier molecular flexibility index (Phi) is 3.55. The molecule has 1 aromatic rings. The zero-order chi connectivity index (χ0) is 13.2. The molecular weight excluding hydrogens is 260 g/mol. The molecule has 1 N–H and O–H groups in total. The van der Waals surface area contributed by atoms with Crippen molar-refractivity contribution in [2.45, 2.75) is 12.3 Å². The first-order valence-electron chi connectivity index (χ1n) is 6.69. The van der Waals surface area contributed by atoms with Gasteiger partial charge in [-0.15, -0.1) is 0 Å². The van der Waals surface area contributed by atoms with Crippen molar-refractivity contribution in [3.05, 3.63) is 29.8 Å². The van der Waals surface area contributed by atoms with E-state index in [1.54, 1.807) is 0 Å². The molecule has 2 aliphatic heterocycles. The summed E-state index contributed by atoms with van der Waals surface area (Å²) in [6.07, 6.45) is 0.552. The van der Waals surface area contributed by atoms with Crippen LogP contribution in [0.25, 0.3) is 0 Å². The van der Waals surface area contributed by atoms with E-state index in [2.05, 4.69) is 17.4 Å². The van der Waals surface area contributed by atoms with E-state index in [9.17, 15) is 9.00 Å². The van der Waals surface area contributed by atoms with Gasteiger partial charge in [-0.05, 0) is 11.6 Å². The van der Waals surface area contributed by atoms with E-state index < -0.39 is 10.8 Å². The van der Waals surface area contributed by atoms with E-state index in [1.165, 1.54) is 5.56 Å². The van der Waals surface area contributed by atoms with Gasteiger partial charge in [0, 0.05) is 60.0 Å². The number of carbonyl (C=O) groups excluding carboxylic acids is 1. The van der Waals surface area contributed by atoms with Gasteiger partial charge in [-0.2, -0.15) is 0 Å². The van der Waals surface area contributed by atoms with Crippen molar-refractivity contribution < 1.29 is 9.00 Å². The predicted molar refractivity (Wildman–Crippen MR) is 76.7 cm³/mol. The zero-order valence-corrected chi connectivity index (χ0v) is 11.6. The summed E-state index contributed by atoms with van der Waals surface area (Å²) < 4.78 is 11.3. The molecule has 1 aromatic carbocycles. The fraction of sp³-hybridized carbons (Fsp3) is 0.500. The highest BCUT2D eigenvalue weighted by Crippen LogP contribution is 2.33. The summed E-state index contributed by atoms with van der Waals surface area (Å²) in [5.74, 6) is 1.73. The third-order valence-corrected chi connectivity index (χ3v) is 5.17. The Morgan fingerprint density at radius 3 is 2.84 bits per heavy atom. The Balaban J connectivity index is 1.63. The topological polar surface area (TPSA) is 49.4 Å². The van der Waals surface area contributed by atoms with Gasteiger partial charge in [0.05, 0.1) is 0 Å². The van der Waals surface area contributed by atoms with Crippen LogP contribution in [-0.4, -0.2) is 46.2 Å². The van der Waals surface area contributed by atoms with Crippen molar-refractivity contribution >= 4 is 22.4 Å². The summed E-state index contributed by atoms with van der Waals surface area (Å²) in [6.45, 7) is 2.13. The minimum absolute atomic E-state index is 0.195. The van der Waals surface area contributed by atoms with Gasteiger partial charge < -0.3 is 10.2 Å². The van der Waals surface area contributed by atoms with E-state index in [-0.39, 0.29) is 11.8 Å². The molecule has 0 bridgehead atoms. The molecule has 1 fully saturated rings. The van der Waals surface area contributed by atoms with E-state index in [0.29, 0.717) is 31.0 Å². The number of hydrogen-bond donors (Lipinski definition) is 1. The number of hydrogen-bond acceptors (Lipinski definition) is 3. The second-order valence-electron chi connectivity index (χ2n) is 5.10. The lowest BCUT2D eigenvalue weighted by Crippen LogP contribution is -2.42. The monoisotopic (exact) mass is 278 g/mol. The number of amides is 1. The molecule has 0 aliphatic carbocycles. The second-order valence-corrected chi connectivity index (χ2v) is 6.79. The second kappa shape index (κ2) is 5.33. The molecule has 0 spiro atoms. The molecule has 102 valence electrons. The summed E-state index contributed by atoms with van der Waals surface area (Å²) in [4.78, 5) is 14.1. The van der Waals surface area contributed by atoms with Crippen LogP contribution in [-0.2, 0) is 15.6 Å². The highest BCUT2D eigenvalue weighted by Gasteiger charge is 2.27. The lowest BCUT2D eigenvalue weighted by Gasteiger charge is -2.27. The number of rotatable bonds is 2. The third-order valence-electron chi connectivity index (χ3n) is 3.89. The van der Waals surface area contributed by atoms with E-state index in [4.69, 9.17) is 0 Å². The molecule has 2 aliphatic rings. The predicted octanol–water partition coefficient (Wildman–Crippen LogP) is 1.18. The van der Waals surface area contributed by atoms with Crippen molar-refractivity contribution in [2.75, 3.05) is 36.5 Å². The van der Waals surface area contributed by atoms with Gasteiger partial charge in [0.2, 0.25) is 5.91 Å². The molecule has 1 amide bonds. The standard InChI is InChI=1S/C14H18N2O2S/c17-14(16-5-7-19(18)8-6-16)9-11-10-15-13-4-2-1-3-12(11)13/h1-4,11,15H,5-10H2. The van der Waals surface area contributed by atoms with Gasteiger partial charge in [-0.3, -0.25) is 9.00 Å². The molecule has 2 heterocycles. The Morgan fingerprint density at radius 1 is 1.32 bits per heavy atom. The van der Waals surface area contributed by atoms with Crippen molar-refractivity contribution in [3.63, 3.8) is 0 Å². The Bertz CT molecular complexity index is 508. The molecule has 0 saturated carbocycles. The highest BCUT2D eigenvalue weighted by molar-refractivity contribution is 7.85. The largest absolute Gasteiger partial charge is 0.384 e. The maximum absolute atomic E-state index is 12.3. The van der Waals surface area contributed by atoms with Crippen molar-refractivity contribution in [1.82, 2.24) is 4.90 Å². The third kappa shape index (κ3) is 2.66. The fourth-order valence-electron chi connectivity index (χ4n) is 2.77. The van der Waals surface area contributed by atoms with E-state index in [1.807, 2.05) is 17.0 Å². The smallest absolute Gasteiger partial charge is 0.223 e. The van der Waals surface area contributed by atoms with Crippen molar-refractivity contribution in [1.29, 1.82) is 0 Å². The van der Waals surface area contributed by atoms with Gasteiger partial charge in [0.15, 0.2) is 0 Å². The SMILES string of the molecule is O=C(CC1CNc2ccccc21)N1CCS(=O)CC1. The minimum atomic E-state index is -0.724. The van der Waals surface area contributed by atoms with Crippen LogP contribution in [0.1, 0.15) is 17.9 Å². The molecule has 5 heteroatoms. The number of fused-ring (bicyclic) bond motifs is 1. The Hall–Kier alpha value is -1.36. The average molecular weight is 278 g/mol. The Morgan fingerprint density at radius 2 is 2.05 bits per heavy atom. The first-order valence-corrected chi connectivity index (χ1v) is 8.18. The van der Waals surface area contributed by atoms with Crippen molar-refractivity contribution in [2.24, 2.45) is 0 Å². The van der Waals surface area contributed by atoms with Crippen LogP contribution in [0.2, 0.25) is 0 Å². The first-order chi connectivity index (χ1) is 9.24. The van der Waals surface area contributed by atoms with Crippen LogP contribution < -0.4 is 5.32 Å². The van der Waals surface area contributed by atoms with E-state index in [0.717, 1.165) is 12.2 Å². The first kappa shape index (κ1) is 12.7. The summed E-state index contributed by atoms with van der Waals surface area (Å²) in [6, 6.07) is 8.19. The molecule has 3 rings (SSSR count). The van der Waals surface area contributed by atoms with Crippen LogP contribution in [0.3, 0.4) is 0 Å². The maximum Gasteiger partial charge on any atom is 0.223 e. The number of nitrogens with one attached hydrogen (secondary N) is 1. The average Bonchev–Trinajstić information content (AvgIpc) is 2.83. The number of benzene rings is 1. The summed E-state index contributed by atoms with van der Waals surface area (Å²) in [7, 11) is -0.724. The van der Waals surface area contributed by atoms with Gasteiger partial charge >= 0.3 is 0 Å². The fourth-order valence-corrected chi connectivity index (χ4v) is 3.82. The highest BCUT2D eigenvalue weighted by atomic mass is 32.2. The minimum Gasteiger partial charge on any atom is -0.384 e. The number of nitrogens with zero attached hydrogens (tertiary/aromatic N) is 1. The van der Waals surface area contributed by atoms with Crippen LogP contribution in [0.4, 0.5) is 5.69 Å². The van der Waals surface area contributed by atoms with Crippen molar-refractivity contribution in [3.8, 4) is 0 Å². The van der Waals surface area contributed by atoms with Crippen LogP contribution in [0.15, 0.2) is 24.3 Å².